The van der Waals surface area contributed by atoms with Gasteiger partial charge in [0, 0.05) is 47.6 Å². The predicted octanol–water partition coefficient (Wildman–Crippen LogP) is 5.39. The zero-order valence-corrected chi connectivity index (χ0v) is 17.2. The minimum atomic E-state index is 0.729. The van der Waals surface area contributed by atoms with Gasteiger partial charge >= 0.3 is 0 Å². The molecule has 29 heavy (non-hydrogen) atoms. The Kier molecular flexibility index (Phi) is 5.47. The summed E-state index contributed by atoms with van der Waals surface area (Å²) in [6, 6.07) is 18.9. The van der Waals surface area contributed by atoms with Crippen LogP contribution in [0.1, 0.15) is 23.7 Å². The molecule has 0 atom stereocenters. The summed E-state index contributed by atoms with van der Waals surface area (Å²) in [5.41, 5.74) is 5.79. The molecule has 0 aliphatic carbocycles. The predicted molar refractivity (Wildman–Crippen MR) is 121 cm³/mol. The zero-order chi connectivity index (χ0) is 20.2. The second-order valence-electron chi connectivity index (χ2n) is 7.31. The third kappa shape index (κ3) is 4.24. The third-order valence-corrected chi connectivity index (χ3v) is 5.09. The molecular weight excluding hydrogens is 358 g/mol. The van der Waals surface area contributed by atoms with Crippen LogP contribution in [0.5, 0.6) is 0 Å². The maximum atomic E-state index is 4.79. The molecule has 4 rings (SSSR count). The van der Waals surface area contributed by atoms with E-state index in [0.29, 0.717) is 0 Å². The number of H-pyrrole nitrogens is 1. The van der Waals surface area contributed by atoms with Crippen LogP contribution in [0.3, 0.4) is 0 Å². The van der Waals surface area contributed by atoms with Gasteiger partial charge in [0.15, 0.2) is 0 Å². The smallest absolute Gasteiger partial charge is 0.232 e. The molecule has 2 aromatic heterocycles. The molecule has 0 saturated carbocycles. The highest BCUT2D eigenvalue weighted by atomic mass is 15.3. The van der Waals surface area contributed by atoms with E-state index < -0.39 is 0 Å². The van der Waals surface area contributed by atoms with Gasteiger partial charge < -0.3 is 15.2 Å². The van der Waals surface area contributed by atoms with Gasteiger partial charge in [0.1, 0.15) is 5.82 Å². The monoisotopic (exact) mass is 385 g/mol. The van der Waals surface area contributed by atoms with Crippen molar-refractivity contribution in [3.05, 3.63) is 77.6 Å². The number of rotatable bonds is 7. The van der Waals surface area contributed by atoms with Crippen molar-refractivity contribution in [2.75, 3.05) is 23.3 Å². The van der Waals surface area contributed by atoms with E-state index in [1.807, 2.05) is 13.0 Å². The Hall–Kier alpha value is -3.34. The minimum Gasteiger partial charge on any atom is -0.370 e. The number of aryl methyl sites for hydroxylation is 2. The van der Waals surface area contributed by atoms with Crippen LogP contribution in [0.25, 0.3) is 10.9 Å². The maximum Gasteiger partial charge on any atom is 0.232 e. The van der Waals surface area contributed by atoms with E-state index in [0.717, 1.165) is 42.7 Å². The van der Waals surface area contributed by atoms with Gasteiger partial charge in [-0.3, -0.25) is 0 Å². The average molecular weight is 386 g/mol. The number of para-hydroxylation sites is 1. The van der Waals surface area contributed by atoms with Gasteiger partial charge in [-0.15, -0.1) is 0 Å². The number of nitrogens with zero attached hydrogens (tertiary/aromatic N) is 3. The van der Waals surface area contributed by atoms with Crippen molar-refractivity contribution in [2.45, 2.75) is 27.2 Å². The average Bonchev–Trinajstić information content (AvgIpc) is 3.12. The first-order valence-corrected chi connectivity index (χ1v) is 10.1. The number of hydrogen-bond acceptors (Lipinski definition) is 4. The lowest BCUT2D eigenvalue weighted by Crippen LogP contribution is -2.20. The number of aromatic nitrogens is 3. The fourth-order valence-electron chi connectivity index (χ4n) is 3.66. The molecule has 5 nitrogen and oxygen atoms in total. The van der Waals surface area contributed by atoms with Crippen LogP contribution in [0.15, 0.2) is 60.8 Å². The fourth-order valence-corrected chi connectivity index (χ4v) is 3.66. The van der Waals surface area contributed by atoms with Gasteiger partial charge in [0.2, 0.25) is 5.95 Å². The first-order valence-electron chi connectivity index (χ1n) is 10.1. The second kappa shape index (κ2) is 8.35. The Labute approximate surface area is 171 Å². The molecule has 2 aromatic carbocycles. The molecular formula is C24H27N5. The van der Waals surface area contributed by atoms with Crippen LogP contribution in [0.2, 0.25) is 0 Å². The van der Waals surface area contributed by atoms with Gasteiger partial charge in [-0.1, -0.05) is 30.3 Å². The van der Waals surface area contributed by atoms with Gasteiger partial charge in [-0.25, -0.2) is 4.98 Å². The van der Waals surface area contributed by atoms with E-state index in [9.17, 15) is 0 Å². The molecule has 2 N–H and O–H groups in total. The molecule has 2 heterocycles. The third-order valence-electron chi connectivity index (χ3n) is 5.09. The van der Waals surface area contributed by atoms with Crippen molar-refractivity contribution in [1.29, 1.82) is 0 Å². The summed E-state index contributed by atoms with van der Waals surface area (Å²) in [4.78, 5) is 15.0. The number of nitrogens with one attached hydrogen (secondary N) is 2. The van der Waals surface area contributed by atoms with Crippen LogP contribution in [-0.4, -0.2) is 28.0 Å². The summed E-state index contributed by atoms with van der Waals surface area (Å²) in [7, 11) is 0. The molecule has 0 bridgehead atoms. The number of aromatic amines is 1. The molecule has 0 aliphatic heterocycles. The molecule has 0 saturated heterocycles. The Morgan fingerprint density at radius 1 is 1.00 bits per heavy atom. The largest absolute Gasteiger partial charge is 0.370 e. The topological polar surface area (TPSA) is 56.8 Å². The van der Waals surface area contributed by atoms with Crippen molar-refractivity contribution >= 4 is 28.4 Å². The molecule has 5 heteroatoms. The van der Waals surface area contributed by atoms with Crippen LogP contribution in [0, 0.1) is 13.8 Å². The summed E-state index contributed by atoms with van der Waals surface area (Å²) in [5, 5.41) is 4.76. The molecule has 0 spiro atoms. The highest BCUT2D eigenvalue weighted by Crippen LogP contribution is 2.24. The molecule has 0 radical (unpaired) electrons. The van der Waals surface area contributed by atoms with Gasteiger partial charge in [0.25, 0.3) is 0 Å². The van der Waals surface area contributed by atoms with E-state index in [2.05, 4.69) is 88.8 Å². The maximum absolute atomic E-state index is 4.79. The Balaban J connectivity index is 1.50. The number of anilines is 3. The van der Waals surface area contributed by atoms with E-state index in [4.69, 9.17) is 4.98 Å². The summed E-state index contributed by atoms with van der Waals surface area (Å²) >= 11 is 0. The van der Waals surface area contributed by atoms with Crippen molar-refractivity contribution in [2.24, 2.45) is 0 Å². The lowest BCUT2D eigenvalue weighted by atomic mass is 10.1. The van der Waals surface area contributed by atoms with Crippen molar-refractivity contribution in [1.82, 2.24) is 15.0 Å². The molecule has 4 aromatic rings. The summed E-state index contributed by atoms with van der Waals surface area (Å²) in [6.45, 7) is 7.86. The summed E-state index contributed by atoms with van der Waals surface area (Å²) < 4.78 is 0. The van der Waals surface area contributed by atoms with Crippen LogP contribution < -0.4 is 10.2 Å². The Morgan fingerprint density at radius 2 is 1.86 bits per heavy atom. The van der Waals surface area contributed by atoms with Crippen LogP contribution in [-0.2, 0) is 6.42 Å². The molecule has 0 amide bonds. The minimum absolute atomic E-state index is 0.729. The second-order valence-corrected chi connectivity index (χ2v) is 7.31. The SMILES string of the molecule is CCN(c1cccc(C)c1)c1nc(C)cc(NCCc2c[nH]c3ccccc23)n1. The molecule has 0 aliphatic rings. The first-order chi connectivity index (χ1) is 14.1. The van der Waals surface area contributed by atoms with E-state index in [1.165, 1.54) is 22.0 Å². The Bertz CT molecular complexity index is 1120. The van der Waals surface area contributed by atoms with Crippen LogP contribution >= 0.6 is 0 Å². The zero-order valence-electron chi connectivity index (χ0n) is 17.2. The lowest BCUT2D eigenvalue weighted by Gasteiger charge is -2.22. The quantitative estimate of drug-likeness (QED) is 0.448. The highest BCUT2D eigenvalue weighted by molar-refractivity contribution is 5.83. The summed E-state index contributed by atoms with van der Waals surface area (Å²) in [6.07, 6.45) is 3.03. The van der Waals surface area contributed by atoms with Crippen LogP contribution in [0.4, 0.5) is 17.5 Å². The molecule has 0 fully saturated rings. The van der Waals surface area contributed by atoms with E-state index in [-0.39, 0.29) is 0 Å². The lowest BCUT2D eigenvalue weighted by molar-refractivity contribution is 0.925. The van der Waals surface area contributed by atoms with Crippen molar-refractivity contribution in [3.8, 4) is 0 Å². The fraction of sp³-hybridized carbons (Fsp3) is 0.250. The molecule has 148 valence electrons. The highest BCUT2D eigenvalue weighted by Gasteiger charge is 2.12. The molecule has 0 unspecified atom stereocenters. The first kappa shape index (κ1) is 19.0. The number of benzene rings is 2. The van der Waals surface area contributed by atoms with Crippen molar-refractivity contribution in [3.63, 3.8) is 0 Å². The number of hydrogen-bond donors (Lipinski definition) is 2. The van der Waals surface area contributed by atoms with Gasteiger partial charge in [-0.05, 0) is 56.5 Å². The van der Waals surface area contributed by atoms with Crippen molar-refractivity contribution < 1.29 is 0 Å². The van der Waals surface area contributed by atoms with Gasteiger partial charge in [0.05, 0.1) is 0 Å². The van der Waals surface area contributed by atoms with E-state index >= 15 is 0 Å². The van der Waals surface area contributed by atoms with Gasteiger partial charge in [-0.2, -0.15) is 4.98 Å². The standard InChI is InChI=1S/C24H27N5/c1-4-29(20-9-7-8-17(2)14-20)24-27-18(3)15-23(28-24)25-13-12-19-16-26-22-11-6-5-10-21(19)22/h5-11,14-16,26H,4,12-13H2,1-3H3,(H,25,27,28). The number of fused-ring (bicyclic) bond motifs is 1. The Morgan fingerprint density at radius 3 is 2.69 bits per heavy atom. The normalized spacial score (nSPS) is 11.0. The van der Waals surface area contributed by atoms with E-state index in [1.54, 1.807) is 0 Å². The summed E-state index contributed by atoms with van der Waals surface area (Å²) in [5.74, 6) is 1.59.